The number of nitrogens with one attached hydrogen (secondary N) is 4. The lowest BCUT2D eigenvalue weighted by molar-refractivity contribution is -0.156. The van der Waals surface area contributed by atoms with Crippen molar-refractivity contribution in [2.45, 2.75) is 216 Å². The summed E-state index contributed by atoms with van der Waals surface area (Å²) in [7, 11) is 9.82. The maximum absolute atomic E-state index is 14.8. The number of hydrogen-bond donors (Lipinski definition) is 5. The number of carbonyl (C=O) groups excluding carboxylic acids is 11. The van der Waals surface area contributed by atoms with E-state index in [1.54, 1.807) is 46.8 Å². The highest BCUT2D eigenvalue weighted by Crippen LogP contribution is 2.24. The molecule has 0 radical (unpaired) electrons. The summed E-state index contributed by atoms with van der Waals surface area (Å²) in [5.41, 5.74) is 0. The van der Waals surface area contributed by atoms with Crippen LogP contribution in [0.1, 0.15) is 149 Å². The predicted octanol–water partition coefficient (Wildman–Crippen LogP) is 2.63. The summed E-state index contributed by atoms with van der Waals surface area (Å²) in [6, 6.07) is -12.3. The highest BCUT2D eigenvalue weighted by atomic mass is 16.3. The summed E-state index contributed by atoms with van der Waals surface area (Å²) < 4.78 is 0. The summed E-state index contributed by atoms with van der Waals surface area (Å²) in [6.45, 7) is 27.3. The molecular formula is C60H107N11O12. The van der Waals surface area contributed by atoms with Gasteiger partial charge in [-0.1, -0.05) is 95.2 Å². The Balaban J connectivity index is 4.23. The van der Waals surface area contributed by atoms with Crippen LogP contribution in [-0.4, -0.2) is 227 Å². The van der Waals surface area contributed by atoms with Crippen LogP contribution in [0.5, 0.6) is 0 Å². The third-order valence-electron chi connectivity index (χ3n) is 15.7. The summed E-state index contributed by atoms with van der Waals surface area (Å²) >= 11 is 0. The average Bonchev–Trinajstić information content (AvgIpc) is 3.59. The fraction of sp³-hybridized carbons (Fsp3) is 0.783. The fourth-order valence-corrected chi connectivity index (χ4v) is 10.1. The average molecular weight is 1170 g/mol. The molecule has 0 aliphatic carbocycles. The van der Waals surface area contributed by atoms with Crippen molar-refractivity contribution < 1.29 is 57.8 Å². The first kappa shape index (κ1) is 74.9. The molecule has 0 aromatic rings. The summed E-state index contributed by atoms with van der Waals surface area (Å²) in [6.07, 6.45) is 3.05. The van der Waals surface area contributed by atoms with Crippen molar-refractivity contribution in [1.29, 1.82) is 0 Å². The summed E-state index contributed by atoms with van der Waals surface area (Å²) in [4.78, 5) is 167. The molecule has 1 aliphatic heterocycles. The largest absolute Gasteiger partial charge is 0.390 e. The topological polar surface area (TPSA) is 279 Å². The molecule has 12 atom stereocenters. The molecule has 23 heteroatoms. The first-order valence-corrected chi connectivity index (χ1v) is 29.7. The zero-order valence-electron chi connectivity index (χ0n) is 54.5. The molecule has 0 bridgehead atoms. The zero-order valence-corrected chi connectivity index (χ0v) is 54.5. The fourth-order valence-electron chi connectivity index (χ4n) is 10.1. The Hall–Kier alpha value is -6.13. The molecule has 5 N–H and O–H groups in total. The van der Waals surface area contributed by atoms with Crippen molar-refractivity contribution in [3.63, 3.8) is 0 Å². The number of allylic oxidation sites excluding steroid dienone is 2. The van der Waals surface area contributed by atoms with Gasteiger partial charge in [0.2, 0.25) is 65.0 Å². The molecule has 23 nitrogen and oxygen atoms in total. The van der Waals surface area contributed by atoms with Gasteiger partial charge in [0.05, 0.1) is 12.6 Å². The van der Waals surface area contributed by atoms with E-state index in [-0.39, 0.29) is 55.8 Å². The van der Waals surface area contributed by atoms with Gasteiger partial charge >= 0.3 is 0 Å². The van der Waals surface area contributed by atoms with Crippen LogP contribution in [-0.2, 0) is 52.7 Å². The van der Waals surface area contributed by atoms with Gasteiger partial charge in [0.1, 0.15) is 60.4 Å². The second kappa shape index (κ2) is 34.0. The van der Waals surface area contributed by atoms with Gasteiger partial charge in [0, 0.05) is 49.3 Å². The van der Waals surface area contributed by atoms with Crippen molar-refractivity contribution in [3.05, 3.63) is 12.2 Å². The van der Waals surface area contributed by atoms with E-state index >= 15 is 0 Å². The highest BCUT2D eigenvalue weighted by molar-refractivity contribution is 5.99. The second-order valence-electron chi connectivity index (χ2n) is 25.1. The number of aliphatic hydroxyl groups is 1. The lowest BCUT2D eigenvalue weighted by atomic mass is 9.92. The second-order valence-corrected chi connectivity index (χ2v) is 25.1. The van der Waals surface area contributed by atoms with Crippen LogP contribution in [0.25, 0.3) is 0 Å². The maximum Gasteiger partial charge on any atom is 0.246 e. The monoisotopic (exact) mass is 1170 g/mol. The quantitative estimate of drug-likeness (QED) is 0.157. The van der Waals surface area contributed by atoms with Gasteiger partial charge in [-0.05, 0) is 102 Å². The van der Waals surface area contributed by atoms with Crippen molar-refractivity contribution >= 4 is 65.0 Å². The van der Waals surface area contributed by atoms with E-state index in [4.69, 9.17) is 0 Å². The molecule has 11 amide bonds. The van der Waals surface area contributed by atoms with Crippen molar-refractivity contribution in [3.8, 4) is 0 Å². The van der Waals surface area contributed by atoms with E-state index in [0.717, 1.165) is 9.80 Å². The normalized spacial score (nSPS) is 27.2. The van der Waals surface area contributed by atoms with Gasteiger partial charge < -0.3 is 60.7 Å². The minimum absolute atomic E-state index is 0.0246. The van der Waals surface area contributed by atoms with E-state index in [9.17, 15) is 57.8 Å². The third-order valence-corrected chi connectivity index (χ3v) is 15.7. The standard InChI is InChI=1S/C60H107N11O12/c1-24-26-27-38(13)50(73)49-54(77)63-42(25-2)57(80)65(17)32-47(72)67(19)43(28-33(3)4)53(76)64-48(37(11)12)60(83)68(20)44(29-34(5)6)52(75)61-39(14)51(74)62-40(15)55(78)69(21)46(31-36(9)10)59(82)70(22)45(30-35(7)8)58(81)66(18)41(16)56(79)71(49)23/h24,26,33-46,48-50,73H,25,27-32H2,1-23H3,(H,61,75)(H,62,74)(H,63,77)(H,64,76)/b26-24+/t38-,39?,40-,41?,42?,43-,44-,45+,46+,48-,49?,50-/m1/s1. The molecule has 83 heavy (non-hydrogen) atoms. The van der Waals surface area contributed by atoms with Crippen LogP contribution < -0.4 is 21.3 Å². The lowest BCUT2D eigenvalue weighted by Gasteiger charge is -2.40. The van der Waals surface area contributed by atoms with E-state index in [1.807, 2.05) is 55.4 Å². The Morgan fingerprint density at radius 2 is 0.904 bits per heavy atom. The molecule has 1 heterocycles. The van der Waals surface area contributed by atoms with Gasteiger partial charge in [0.25, 0.3) is 0 Å². The minimum atomic E-state index is -1.60. The maximum atomic E-state index is 14.8. The van der Waals surface area contributed by atoms with E-state index in [0.29, 0.717) is 6.42 Å². The molecule has 0 aromatic carbocycles. The van der Waals surface area contributed by atoms with E-state index in [2.05, 4.69) is 21.3 Å². The summed E-state index contributed by atoms with van der Waals surface area (Å²) in [5.74, 6) is -9.15. The van der Waals surface area contributed by atoms with Crippen LogP contribution >= 0.6 is 0 Å². The van der Waals surface area contributed by atoms with E-state index in [1.165, 1.54) is 94.6 Å². The molecule has 1 saturated heterocycles. The molecule has 1 aliphatic rings. The van der Waals surface area contributed by atoms with Crippen LogP contribution in [0.4, 0.5) is 0 Å². The number of nitrogens with zero attached hydrogens (tertiary/aromatic N) is 7. The van der Waals surface area contributed by atoms with Gasteiger partial charge in [-0.15, -0.1) is 0 Å². The highest BCUT2D eigenvalue weighted by Gasteiger charge is 2.44. The molecular weight excluding hydrogens is 1070 g/mol. The Bertz CT molecular complexity index is 2270. The molecule has 0 aromatic heterocycles. The number of hydrogen-bond acceptors (Lipinski definition) is 12. The van der Waals surface area contributed by atoms with Crippen molar-refractivity contribution in [1.82, 2.24) is 55.6 Å². The Labute approximate surface area is 496 Å². The van der Waals surface area contributed by atoms with E-state index < -0.39 is 150 Å². The number of carbonyl (C=O) groups is 11. The van der Waals surface area contributed by atoms with Gasteiger partial charge in [-0.25, -0.2) is 0 Å². The van der Waals surface area contributed by atoms with Crippen molar-refractivity contribution in [2.24, 2.45) is 35.5 Å². The Morgan fingerprint density at radius 3 is 1.36 bits per heavy atom. The molecule has 474 valence electrons. The number of likely N-dealkylation sites (N-methyl/N-ethyl adjacent to an activating group) is 7. The van der Waals surface area contributed by atoms with Crippen LogP contribution in [0, 0.1) is 35.5 Å². The lowest BCUT2D eigenvalue weighted by Crippen LogP contribution is -2.62. The summed E-state index contributed by atoms with van der Waals surface area (Å²) in [5, 5.41) is 22.9. The smallest absolute Gasteiger partial charge is 0.246 e. The molecule has 0 spiro atoms. The van der Waals surface area contributed by atoms with Gasteiger partial charge in [-0.3, -0.25) is 52.7 Å². The Kier molecular flexibility index (Phi) is 30.7. The minimum Gasteiger partial charge on any atom is -0.390 e. The molecule has 0 saturated carbocycles. The third kappa shape index (κ3) is 21.2. The van der Waals surface area contributed by atoms with Gasteiger partial charge in [0.15, 0.2) is 0 Å². The zero-order chi connectivity index (χ0) is 64.4. The molecule has 1 fully saturated rings. The molecule has 1 rings (SSSR count). The van der Waals surface area contributed by atoms with Crippen LogP contribution in [0.15, 0.2) is 12.2 Å². The number of aliphatic hydroxyl groups excluding tert-OH is 1. The Morgan fingerprint density at radius 1 is 0.482 bits per heavy atom. The SMILES string of the molecule is C/C=C/C[C@@H](C)[C@@H](O)C1C(=O)NC(CC)C(=O)N(C)CC(=O)N(C)[C@H](CC(C)C)C(=O)N[C@H](C(C)C)C(=O)N(C)[C@H](CC(C)C)C(=O)NC(C)C(=O)N[C@H](C)C(=O)N(C)[C@@H](CC(C)C)C(=O)N(C)[C@@H](CC(C)C)C(=O)N(C)C(C)C(=O)N1C. The predicted molar refractivity (Wildman–Crippen MR) is 319 cm³/mol. The first-order valence-electron chi connectivity index (χ1n) is 29.7. The number of amides is 11. The van der Waals surface area contributed by atoms with Gasteiger partial charge in [-0.2, -0.15) is 0 Å². The first-order chi connectivity index (χ1) is 38.3. The van der Waals surface area contributed by atoms with Crippen LogP contribution in [0.2, 0.25) is 0 Å². The van der Waals surface area contributed by atoms with Crippen molar-refractivity contribution in [2.75, 3.05) is 55.9 Å². The number of rotatable bonds is 14. The van der Waals surface area contributed by atoms with Crippen LogP contribution in [0.3, 0.4) is 0 Å². The molecule has 4 unspecified atom stereocenters.